The van der Waals surface area contributed by atoms with E-state index in [0.717, 1.165) is 34.9 Å². The van der Waals surface area contributed by atoms with Crippen molar-refractivity contribution in [1.29, 1.82) is 0 Å². The van der Waals surface area contributed by atoms with Crippen LogP contribution in [0.25, 0.3) is 0 Å². The van der Waals surface area contributed by atoms with Gasteiger partial charge in [0.05, 0.1) is 11.7 Å². The minimum atomic E-state index is -5.01. The first kappa shape index (κ1) is 27.9. The number of carbonyl (C=O) groups is 2. The number of aromatic hydroxyl groups is 1. The summed E-state index contributed by atoms with van der Waals surface area (Å²) < 4.78 is 35.7. The van der Waals surface area contributed by atoms with E-state index in [1.54, 1.807) is 5.38 Å². The lowest BCUT2D eigenvalue weighted by molar-refractivity contribution is -0.218. The lowest BCUT2D eigenvalue weighted by Gasteiger charge is -2.50. The van der Waals surface area contributed by atoms with E-state index in [2.05, 4.69) is 24.7 Å². The number of hydroxylamine groups is 2. The number of β-lactam (4-membered cyclic amide) rings is 1. The fraction of sp³-hybridized carbons (Fsp3) is 0.263. The highest BCUT2D eigenvalue weighted by atomic mass is 32.3. The van der Waals surface area contributed by atoms with Gasteiger partial charge < -0.3 is 26.2 Å². The van der Waals surface area contributed by atoms with Gasteiger partial charge in [-0.1, -0.05) is 5.16 Å². The second-order valence-electron chi connectivity index (χ2n) is 8.35. The Labute approximate surface area is 226 Å². The number of carbonyl (C=O) groups excluding carboxylic acids is 2. The second-order valence-corrected chi connectivity index (χ2v) is 11.2. The monoisotopic (exact) mass is 601 g/mol. The average molecular weight is 602 g/mol. The summed E-state index contributed by atoms with van der Waals surface area (Å²) in [6.45, 7) is 2.73. The van der Waals surface area contributed by atoms with Crippen molar-refractivity contribution in [3.8, 4) is 5.75 Å². The van der Waals surface area contributed by atoms with Crippen molar-refractivity contribution in [2.45, 2.75) is 31.5 Å². The van der Waals surface area contributed by atoms with Crippen LogP contribution in [0.4, 0.5) is 5.13 Å². The summed E-state index contributed by atoms with van der Waals surface area (Å²) in [6, 6.07) is -0.431. The molecule has 0 saturated carbocycles. The van der Waals surface area contributed by atoms with Crippen molar-refractivity contribution in [2.75, 3.05) is 5.73 Å². The Balaban J connectivity index is 1.67. The number of nitrogens with zero attached hydrogens (tertiary/aromatic N) is 5. The molecule has 17 nitrogen and oxygen atoms in total. The molecular formula is C19H19N7O10S3. The van der Waals surface area contributed by atoms with Crippen molar-refractivity contribution in [2.24, 2.45) is 5.16 Å². The maximum atomic E-state index is 13.3. The van der Waals surface area contributed by atoms with Crippen LogP contribution in [0.15, 0.2) is 39.2 Å². The van der Waals surface area contributed by atoms with Gasteiger partial charge >= 0.3 is 10.4 Å². The van der Waals surface area contributed by atoms with Crippen LogP contribution in [0.2, 0.25) is 0 Å². The number of hydrogen-bond donors (Lipinski definition) is 5. The highest BCUT2D eigenvalue weighted by molar-refractivity contribution is 7.80. The topological polar surface area (TPSA) is 249 Å². The molecule has 20 heteroatoms. The Bertz CT molecular complexity index is 1610. The quantitative estimate of drug-likeness (QED) is 0.0691. The zero-order chi connectivity index (χ0) is 28.7. The van der Waals surface area contributed by atoms with Crippen LogP contribution in [-0.2, 0) is 29.1 Å². The molecule has 2 amide bonds. The number of nitrogen functional groups attached to an aromatic ring is 1. The van der Waals surface area contributed by atoms with Crippen LogP contribution < -0.4 is 16.5 Å². The number of nitrogens with two attached hydrogens (primary N) is 1. The average Bonchev–Trinajstić information content (AvgIpc) is 3.53. The molecule has 1 saturated heterocycles. The minimum Gasteiger partial charge on any atom is -0.503 e. The fourth-order valence-corrected chi connectivity index (χ4v) is 5.11. The first-order chi connectivity index (χ1) is 18.2. The van der Waals surface area contributed by atoms with E-state index in [1.165, 1.54) is 25.4 Å². The lowest BCUT2D eigenvalue weighted by atomic mass is 9.84. The number of rotatable bonds is 9. The number of oxime groups is 1. The van der Waals surface area contributed by atoms with Gasteiger partial charge in [0.1, 0.15) is 22.4 Å². The maximum Gasteiger partial charge on any atom is 0.418 e. The summed E-state index contributed by atoms with van der Waals surface area (Å²) in [4.78, 5) is 51.4. The predicted molar refractivity (Wildman–Crippen MR) is 133 cm³/mol. The zero-order valence-corrected chi connectivity index (χ0v) is 22.2. The van der Waals surface area contributed by atoms with E-state index < -0.39 is 56.8 Å². The molecule has 208 valence electrons. The molecule has 2 unspecified atom stereocenters. The molecule has 1 aliphatic rings. The third-order valence-electron chi connectivity index (χ3n) is 5.34. The summed E-state index contributed by atoms with van der Waals surface area (Å²) in [5.74, 6) is -2.72. The van der Waals surface area contributed by atoms with E-state index in [0.29, 0.717) is 9.79 Å². The summed E-state index contributed by atoms with van der Waals surface area (Å²) in [6.07, 6.45) is 0.812. The number of amides is 2. The van der Waals surface area contributed by atoms with Crippen LogP contribution in [0.1, 0.15) is 36.3 Å². The molecule has 4 heterocycles. The smallest absolute Gasteiger partial charge is 0.418 e. The van der Waals surface area contributed by atoms with Gasteiger partial charge in [-0.3, -0.25) is 18.9 Å². The largest absolute Gasteiger partial charge is 0.503 e. The van der Waals surface area contributed by atoms with Crippen molar-refractivity contribution >= 4 is 55.7 Å². The summed E-state index contributed by atoms with van der Waals surface area (Å²) in [7, 11) is -5.01. The Hall–Kier alpha value is -4.11. The minimum absolute atomic E-state index is 0.0596. The van der Waals surface area contributed by atoms with E-state index in [-0.39, 0.29) is 21.5 Å². The molecule has 0 aromatic carbocycles. The molecule has 0 bridgehead atoms. The highest BCUT2D eigenvalue weighted by Crippen LogP contribution is 2.33. The van der Waals surface area contributed by atoms with Gasteiger partial charge in [-0.05, 0) is 13.8 Å². The van der Waals surface area contributed by atoms with Crippen LogP contribution in [0.5, 0.6) is 5.75 Å². The Morgan fingerprint density at radius 3 is 2.62 bits per heavy atom. The normalized spacial score (nSPS) is 17.9. The summed E-state index contributed by atoms with van der Waals surface area (Å²) >= 11 is 2.04. The van der Waals surface area contributed by atoms with E-state index in [4.69, 9.17) is 15.1 Å². The van der Waals surface area contributed by atoms with Gasteiger partial charge in [0.15, 0.2) is 16.6 Å². The standard InChI is InChI=1S/C19H19N7O10S3/c1-19(2)14(17(30)26(19)36-39(32,33)34)23-15(29)12(8-7-38-18(20)22-8)24-35-13(16-21-3-4-37-16)9-5-10(27)11(28)6-25(9)31/h3-7,13-14,28,31H,1-2H3,(H2,20,22)(H,23,29)(H,32,33,34)/b24-12-. The molecule has 0 spiro atoms. The van der Waals surface area contributed by atoms with Gasteiger partial charge in [-0.25, -0.2) is 9.97 Å². The third-order valence-corrected chi connectivity index (χ3v) is 7.17. The van der Waals surface area contributed by atoms with Crippen LogP contribution >= 0.6 is 22.7 Å². The van der Waals surface area contributed by atoms with Crippen LogP contribution in [0.3, 0.4) is 0 Å². The van der Waals surface area contributed by atoms with Crippen molar-refractivity contribution < 1.29 is 42.0 Å². The number of hydrogen-bond acceptors (Lipinski definition) is 15. The maximum absolute atomic E-state index is 13.3. The number of aromatic nitrogens is 3. The van der Waals surface area contributed by atoms with E-state index in [1.807, 2.05) is 0 Å². The third kappa shape index (κ3) is 5.68. The summed E-state index contributed by atoms with van der Waals surface area (Å²) in [5.41, 5.74) is 2.71. The molecule has 1 aliphatic heterocycles. The molecule has 0 radical (unpaired) electrons. The van der Waals surface area contributed by atoms with E-state index in [9.17, 15) is 33.1 Å². The molecule has 6 N–H and O–H groups in total. The van der Waals surface area contributed by atoms with E-state index >= 15 is 0 Å². The van der Waals surface area contributed by atoms with Gasteiger partial charge in [-0.2, -0.15) is 18.2 Å². The van der Waals surface area contributed by atoms with Crippen molar-refractivity contribution in [1.82, 2.24) is 25.1 Å². The molecule has 4 rings (SSSR count). The molecule has 3 aromatic heterocycles. The van der Waals surface area contributed by atoms with Gasteiger partial charge in [-0.15, -0.1) is 27.0 Å². The Kier molecular flexibility index (Phi) is 7.32. The summed E-state index contributed by atoms with van der Waals surface area (Å²) in [5, 5.41) is 29.7. The van der Waals surface area contributed by atoms with Gasteiger partial charge in [0.2, 0.25) is 11.5 Å². The SMILES string of the molecule is CC1(C)C(NC(=O)/C(=N\OC(c2nccs2)c2cc(=O)c(O)cn2O)c2csc(N)n2)C(=O)N1OS(=O)(=O)O. The Morgan fingerprint density at radius 1 is 1.33 bits per heavy atom. The first-order valence-corrected chi connectivity index (χ1v) is 13.6. The number of anilines is 1. The zero-order valence-electron chi connectivity index (χ0n) is 19.8. The van der Waals surface area contributed by atoms with Crippen LogP contribution in [-0.4, -0.2) is 72.2 Å². The predicted octanol–water partition coefficient (Wildman–Crippen LogP) is -0.363. The van der Waals surface area contributed by atoms with Crippen LogP contribution in [0, 0.1) is 0 Å². The highest BCUT2D eigenvalue weighted by Gasteiger charge is 2.58. The fourth-order valence-electron chi connectivity index (χ4n) is 3.44. The number of pyridine rings is 1. The molecule has 1 fully saturated rings. The Morgan fingerprint density at radius 2 is 2.05 bits per heavy atom. The second kappa shape index (κ2) is 10.2. The molecule has 3 aromatic rings. The molecular weight excluding hydrogens is 582 g/mol. The molecule has 0 aliphatic carbocycles. The van der Waals surface area contributed by atoms with Crippen molar-refractivity contribution in [3.05, 3.63) is 55.8 Å². The van der Waals surface area contributed by atoms with Gasteiger partial charge in [0.25, 0.3) is 11.8 Å². The lowest BCUT2D eigenvalue weighted by Crippen LogP contribution is -2.76. The molecule has 2 atom stereocenters. The number of nitrogens with one attached hydrogen (secondary N) is 1. The molecule has 39 heavy (non-hydrogen) atoms. The number of thiazole rings is 2. The van der Waals surface area contributed by atoms with Crippen molar-refractivity contribution in [3.63, 3.8) is 0 Å². The van der Waals surface area contributed by atoms with Gasteiger partial charge in [0, 0.05) is 23.0 Å². The first-order valence-electron chi connectivity index (χ1n) is 10.5.